The van der Waals surface area contributed by atoms with Crippen LogP contribution in [0.1, 0.15) is 17.2 Å². The summed E-state index contributed by atoms with van der Waals surface area (Å²) >= 11 is 5.85. The summed E-state index contributed by atoms with van der Waals surface area (Å²) in [6, 6.07) is 7.41. The number of rotatable bonds is 3. The summed E-state index contributed by atoms with van der Waals surface area (Å²) in [7, 11) is 0. The molecule has 0 amide bonds. The molecule has 1 aromatic heterocycles. The van der Waals surface area contributed by atoms with Crippen LogP contribution in [0.15, 0.2) is 42.7 Å². The number of halogens is 1. The van der Waals surface area contributed by atoms with E-state index >= 15 is 0 Å². The maximum Gasteiger partial charge on any atom is 0.271 e. The Morgan fingerprint density at radius 3 is 2.72 bits per heavy atom. The molecule has 0 aliphatic carbocycles. The molecule has 0 saturated heterocycles. The normalized spacial score (nSPS) is 12.1. The Labute approximate surface area is 108 Å². The van der Waals surface area contributed by atoms with Crippen molar-refractivity contribution in [3.05, 3.63) is 69.0 Å². The van der Waals surface area contributed by atoms with Gasteiger partial charge in [0.15, 0.2) is 0 Å². The molecule has 0 radical (unpaired) electrons. The molecular weight excluding hydrogens is 254 g/mol. The highest BCUT2D eigenvalue weighted by molar-refractivity contribution is 6.30. The fourth-order valence-electron chi connectivity index (χ4n) is 1.63. The minimum absolute atomic E-state index is 0.0724. The fraction of sp³-hybridized carbons (Fsp3) is 0.0833. The Hall–Kier alpha value is -1.98. The van der Waals surface area contributed by atoms with Gasteiger partial charge < -0.3 is 5.73 Å². The van der Waals surface area contributed by atoms with E-state index in [4.69, 9.17) is 17.3 Å². The number of hydrogen-bond donors (Lipinski definition) is 1. The van der Waals surface area contributed by atoms with Crippen molar-refractivity contribution < 1.29 is 4.92 Å². The van der Waals surface area contributed by atoms with Crippen LogP contribution >= 0.6 is 11.6 Å². The summed E-state index contributed by atoms with van der Waals surface area (Å²) in [5.74, 6) is 0. The average molecular weight is 264 g/mol. The lowest BCUT2D eigenvalue weighted by molar-refractivity contribution is -0.384. The van der Waals surface area contributed by atoms with Gasteiger partial charge in [-0.2, -0.15) is 0 Å². The number of nitro benzene ring substituents is 1. The molecule has 2 rings (SSSR count). The van der Waals surface area contributed by atoms with Crippen LogP contribution in [0.5, 0.6) is 0 Å². The van der Waals surface area contributed by atoms with Crippen LogP contribution in [0.25, 0.3) is 0 Å². The molecular formula is C12H10ClN3O2. The Balaban J connectivity index is 2.42. The van der Waals surface area contributed by atoms with Crippen LogP contribution in [-0.4, -0.2) is 9.91 Å². The number of pyridine rings is 1. The Morgan fingerprint density at radius 1 is 1.33 bits per heavy atom. The summed E-state index contributed by atoms with van der Waals surface area (Å²) in [6.07, 6.45) is 3.26. The Kier molecular flexibility index (Phi) is 3.55. The predicted molar refractivity (Wildman–Crippen MR) is 68.4 cm³/mol. The van der Waals surface area contributed by atoms with E-state index in [9.17, 15) is 10.1 Å². The molecule has 1 atom stereocenters. The molecule has 2 aromatic rings. The van der Waals surface area contributed by atoms with Crippen molar-refractivity contribution in [1.82, 2.24) is 4.98 Å². The lowest BCUT2D eigenvalue weighted by Crippen LogP contribution is -2.12. The fourth-order valence-corrected chi connectivity index (χ4v) is 1.87. The van der Waals surface area contributed by atoms with Crippen molar-refractivity contribution in [2.75, 3.05) is 0 Å². The van der Waals surface area contributed by atoms with Crippen LogP contribution in [0.2, 0.25) is 5.02 Å². The quantitative estimate of drug-likeness (QED) is 0.682. The van der Waals surface area contributed by atoms with Gasteiger partial charge in [0.2, 0.25) is 0 Å². The molecule has 0 aliphatic heterocycles. The number of nitro groups is 1. The van der Waals surface area contributed by atoms with Crippen molar-refractivity contribution in [1.29, 1.82) is 0 Å². The van der Waals surface area contributed by atoms with Gasteiger partial charge in [-0.25, -0.2) is 0 Å². The van der Waals surface area contributed by atoms with E-state index in [0.717, 1.165) is 5.56 Å². The molecule has 6 heteroatoms. The minimum Gasteiger partial charge on any atom is -0.320 e. The standard InChI is InChI=1S/C12H10ClN3O2/c13-10-4-9(5-11(6-10)16(17)18)12(14)8-2-1-3-15-7-8/h1-7,12H,14H2. The van der Waals surface area contributed by atoms with E-state index in [1.807, 2.05) is 6.07 Å². The summed E-state index contributed by atoms with van der Waals surface area (Å²) in [4.78, 5) is 14.2. The average Bonchev–Trinajstić information content (AvgIpc) is 2.38. The van der Waals surface area contributed by atoms with Crippen LogP contribution < -0.4 is 5.73 Å². The third-order valence-electron chi connectivity index (χ3n) is 2.52. The summed E-state index contributed by atoms with van der Waals surface area (Å²) in [5.41, 5.74) is 7.32. The third-order valence-corrected chi connectivity index (χ3v) is 2.74. The van der Waals surface area contributed by atoms with E-state index in [1.165, 1.54) is 12.1 Å². The first-order chi connectivity index (χ1) is 8.58. The third kappa shape index (κ3) is 2.64. The maximum atomic E-state index is 10.8. The van der Waals surface area contributed by atoms with Gasteiger partial charge >= 0.3 is 0 Å². The highest BCUT2D eigenvalue weighted by Gasteiger charge is 2.15. The number of aromatic nitrogens is 1. The lowest BCUT2D eigenvalue weighted by atomic mass is 10.0. The molecule has 0 fully saturated rings. The van der Waals surface area contributed by atoms with E-state index in [1.54, 1.807) is 24.5 Å². The Bertz CT molecular complexity index is 575. The van der Waals surface area contributed by atoms with Crippen molar-refractivity contribution in [3.8, 4) is 0 Å². The van der Waals surface area contributed by atoms with E-state index in [-0.39, 0.29) is 5.69 Å². The molecule has 0 bridgehead atoms. The lowest BCUT2D eigenvalue weighted by Gasteiger charge is -2.12. The maximum absolute atomic E-state index is 10.8. The summed E-state index contributed by atoms with van der Waals surface area (Å²) in [6.45, 7) is 0. The zero-order chi connectivity index (χ0) is 13.1. The van der Waals surface area contributed by atoms with Gasteiger partial charge in [0.25, 0.3) is 5.69 Å². The zero-order valence-corrected chi connectivity index (χ0v) is 10.0. The number of nitrogens with zero attached hydrogens (tertiary/aromatic N) is 2. The largest absolute Gasteiger partial charge is 0.320 e. The second-order valence-corrected chi connectivity index (χ2v) is 4.20. The molecule has 18 heavy (non-hydrogen) atoms. The van der Waals surface area contributed by atoms with E-state index < -0.39 is 11.0 Å². The number of benzene rings is 1. The van der Waals surface area contributed by atoms with Crippen LogP contribution in [0.4, 0.5) is 5.69 Å². The van der Waals surface area contributed by atoms with E-state index in [2.05, 4.69) is 4.98 Å². The molecule has 1 aromatic carbocycles. The molecule has 1 heterocycles. The van der Waals surface area contributed by atoms with Crippen molar-refractivity contribution in [2.45, 2.75) is 6.04 Å². The predicted octanol–water partition coefficient (Wildman–Crippen LogP) is 2.69. The van der Waals surface area contributed by atoms with Crippen LogP contribution in [0.3, 0.4) is 0 Å². The van der Waals surface area contributed by atoms with Crippen molar-refractivity contribution >= 4 is 17.3 Å². The second-order valence-electron chi connectivity index (χ2n) is 3.76. The first kappa shape index (κ1) is 12.5. The van der Waals surface area contributed by atoms with Gasteiger partial charge in [0.05, 0.1) is 11.0 Å². The number of nitrogens with two attached hydrogens (primary N) is 1. The number of non-ortho nitro benzene ring substituents is 1. The number of hydrogen-bond acceptors (Lipinski definition) is 4. The van der Waals surface area contributed by atoms with Gasteiger partial charge in [-0.15, -0.1) is 0 Å². The molecule has 5 nitrogen and oxygen atoms in total. The highest BCUT2D eigenvalue weighted by Crippen LogP contribution is 2.26. The SMILES string of the molecule is NC(c1cccnc1)c1cc(Cl)cc([N+](=O)[O-])c1. The topological polar surface area (TPSA) is 82.0 Å². The molecule has 1 unspecified atom stereocenters. The summed E-state index contributed by atoms with van der Waals surface area (Å²) in [5, 5.41) is 11.0. The van der Waals surface area contributed by atoms with Gasteiger partial charge in [-0.05, 0) is 23.3 Å². The molecule has 0 spiro atoms. The first-order valence-electron chi connectivity index (χ1n) is 5.18. The Morgan fingerprint density at radius 2 is 2.11 bits per heavy atom. The second kappa shape index (κ2) is 5.12. The molecule has 92 valence electrons. The van der Waals surface area contributed by atoms with Gasteiger partial charge in [-0.1, -0.05) is 17.7 Å². The molecule has 2 N–H and O–H groups in total. The van der Waals surface area contributed by atoms with Crippen molar-refractivity contribution in [2.24, 2.45) is 5.73 Å². The van der Waals surface area contributed by atoms with Crippen LogP contribution in [-0.2, 0) is 0 Å². The zero-order valence-electron chi connectivity index (χ0n) is 9.29. The molecule has 0 saturated carbocycles. The monoisotopic (exact) mass is 263 g/mol. The first-order valence-corrected chi connectivity index (χ1v) is 5.56. The minimum atomic E-state index is -0.495. The summed E-state index contributed by atoms with van der Waals surface area (Å²) < 4.78 is 0. The highest BCUT2D eigenvalue weighted by atomic mass is 35.5. The van der Waals surface area contributed by atoms with Gasteiger partial charge in [0, 0.05) is 29.5 Å². The van der Waals surface area contributed by atoms with E-state index in [0.29, 0.717) is 10.6 Å². The smallest absolute Gasteiger partial charge is 0.271 e. The van der Waals surface area contributed by atoms with Crippen LogP contribution in [0, 0.1) is 10.1 Å². The molecule has 0 aliphatic rings. The van der Waals surface area contributed by atoms with Gasteiger partial charge in [0.1, 0.15) is 0 Å². The van der Waals surface area contributed by atoms with Gasteiger partial charge in [-0.3, -0.25) is 15.1 Å². The van der Waals surface area contributed by atoms with Crippen molar-refractivity contribution in [3.63, 3.8) is 0 Å².